The molecule has 0 spiro atoms. The zero-order valence-corrected chi connectivity index (χ0v) is 14.7. The molecule has 0 radical (unpaired) electrons. The van der Waals surface area contributed by atoms with Gasteiger partial charge in [-0.05, 0) is 31.2 Å². The third-order valence-corrected chi connectivity index (χ3v) is 3.96. The van der Waals surface area contributed by atoms with Crippen LogP contribution in [0.4, 0.5) is 0 Å². The smallest absolute Gasteiger partial charge is 0.266 e. The summed E-state index contributed by atoms with van der Waals surface area (Å²) in [5, 5.41) is 0.612. The monoisotopic (exact) mass is 358 g/mol. The van der Waals surface area contributed by atoms with Gasteiger partial charge in [-0.1, -0.05) is 35.9 Å². The number of ether oxygens (including phenoxy) is 2. The number of nitrogens with zero attached hydrogens (tertiary/aromatic N) is 2. The first-order valence-electron chi connectivity index (χ1n) is 8.14. The topological polar surface area (TPSA) is 51.1 Å². The minimum Gasteiger partial charge on any atom is -0.490 e. The van der Waals surface area contributed by atoms with Crippen LogP contribution < -0.4 is 9.47 Å². The van der Waals surface area contributed by atoms with Crippen molar-refractivity contribution < 1.29 is 14.3 Å². The summed E-state index contributed by atoms with van der Waals surface area (Å²) in [5.41, 5.74) is 0.827. The first kappa shape index (κ1) is 17.3. The Morgan fingerprint density at radius 2 is 1.92 bits per heavy atom. The highest BCUT2D eigenvalue weighted by Gasteiger charge is 2.25. The second-order valence-corrected chi connectivity index (χ2v) is 5.87. The third kappa shape index (κ3) is 4.12. The van der Waals surface area contributed by atoms with Crippen LogP contribution >= 0.6 is 11.6 Å². The lowest BCUT2D eigenvalue weighted by Gasteiger charge is -2.19. The van der Waals surface area contributed by atoms with E-state index >= 15 is 0 Å². The maximum Gasteiger partial charge on any atom is 0.266 e. The van der Waals surface area contributed by atoms with E-state index in [9.17, 15) is 4.79 Å². The van der Waals surface area contributed by atoms with Crippen LogP contribution in [0.15, 0.2) is 53.5 Å². The minimum atomic E-state index is -0.150. The van der Waals surface area contributed by atoms with Gasteiger partial charge in [0.15, 0.2) is 18.1 Å². The number of halogens is 1. The Morgan fingerprint density at radius 3 is 2.64 bits per heavy atom. The zero-order chi connectivity index (χ0) is 17.6. The Morgan fingerprint density at radius 1 is 1.16 bits per heavy atom. The van der Waals surface area contributed by atoms with Crippen molar-refractivity contribution in [2.24, 2.45) is 4.99 Å². The molecular formula is C19H19ClN2O3. The fourth-order valence-corrected chi connectivity index (χ4v) is 2.82. The molecule has 0 fully saturated rings. The van der Waals surface area contributed by atoms with Crippen molar-refractivity contribution in [3.05, 3.63) is 59.1 Å². The Labute approximate surface area is 151 Å². The number of amides is 1. The molecule has 0 N–H and O–H groups in total. The molecule has 3 rings (SSSR count). The van der Waals surface area contributed by atoms with E-state index in [0.717, 1.165) is 5.56 Å². The predicted octanol–water partition coefficient (Wildman–Crippen LogP) is 3.41. The lowest BCUT2D eigenvalue weighted by atomic mass is 10.2. The average molecular weight is 359 g/mol. The highest BCUT2D eigenvalue weighted by atomic mass is 35.5. The fourth-order valence-electron chi connectivity index (χ4n) is 2.63. The molecule has 5 nitrogen and oxygen atoms in total. The van der Waals surface area contributed by atoms with Gasteiger partial charge in [0.25, 0.3) is 5.91 Å². The maximum atomic E-state index is 12.6. The molecule has 2 aromatic rings. The van der Waals surface area contributed by atoms with Gasteiger partial charge in [-0.15, -0.1) is 0 Å². The van der Waals surface area contributed by atoms with Gasteiger partial charge < -0.3 is 9.47 Å². The SMILES string of the molecule is CCOc1ccccc1OCC(=O)N1CCN=C1c1cccc(Cl)c1. The van der Waals surface area contributed by atoms with Gasteiger partial charge in [0.05, 0.1) is 13.2 Å². The Bertz CT molecular complexity index is 792. The standard InChI is InChI=1S/C19H19ClN2O3/c1-2-24-16-8-3-4-9-17(16)25-13-18(23)22-11-10-21-19(22)14-6-5-7-15(20)12-14/h3-9,12H,2,10-11,13H2,1H3. The number of aliphatic imine (C=N–C) groups is 1. The fraction of sp³-hybridized carbons (Fsp3) is 0.263. The van der Waals surface area contributed by atoms with E-state index < -0.39 is 0 Å². The first-order valence-corrected chi connectivity index (χ1v) is 8.52. The lowest BCUT2D eigenvalue weighted by Crippen LogP contribution is -2.38. The van der Waals surface area contributed by atoms with Crippen LogP contribution in [-0.4, -0.2) is 42.9 Å². The lowest BCUT2D eigenvalue weighted by molar-refractivity contribution is -0.129. The van der Waals surface area contributed by atoms with E-state index in [0.29, 0.717) is 42.1 Å². The van der Waals surface area contributed by atoms with Crippen molar-refractivity contribution in [3.63, 3.8) is 0 Å². The molecule has 25 heavy (non-hydrogen) atoms. The maximum absolute atomic E-state index is 12.6. The van der Waals surface area contributed by atoms with Crippen molar-refractivity contribution in [1.82, 2.24) is 4.90 Å². The van der Waals surface area contributed by atoms with Crippen molar-refractivity contribution >= 4 is 23.3 Å². The molecule has 0 aliphatic carbocycles. The summed E-state index contributed by atoms with van der Waals surface area (Å²) in [6.07, 6.45) is 0. The highest BCUT2D eigenvalue weighted by Crippen LogP contribution is 2.26. The van der Waals surface area contributed by atoms with Crippen LogP contribution in [0, 0.1) is 0 Å². The van der Waals surface area contributed by atoms with Gasteiger partial charge in [-0.25, -0.2) is 0 Å². The molecule has 1 amide bonds. The Hall–Kier alpha value is -2.53. The molecule has 1 aliphatic heterocycles. The van der Waals surface area contributed by atoms with Gasteiger partial charge in [-0.2, -0.15) is 0 Å². The molecule has 6 heteroatoms. The van der Waals surface area contributed by atoms with E-state index in [2.05, 4.69) is 4.99 Å². The van der Waals surface area contributed by atoms with Crippen LogP contribution in [-0.2, 0) is 4.79 Å². The predicted molar refractivity (Wildman–Crippen MR) is 97.7 cm³/mol. The van der Waals surface area contributed by atoms with E-state index in [1.54, 1.807) is 23.1 Å². The number of para-hydroxylation sites is 2. The summed E-state index contributed by atoms with van der Waals surface area (Å²) in [4.78, 5) is 18.7. The molecule has 0 saturated heterocycles. The summed E-state index contributed by atoms with van der Waals surface area (Å²) < 4.78 is 11.2. The van der Waals surface area contributed by atoms with Crippen molar-refractivity contribution in [1.29, 1.82) is 0 Å². The number of carbonyl (C=O) groups is 1. The Balaban J connectivity index is 1.68. The molecule has 1 aliphatic rings. The van der Waals surface area contributed by atoms with E-state index in [4.69, 9.17) is 21.1 Å². The van der Waals surface area contributed by atoms with E-state index in [1.807, 2.05) is 37.3 Å². The van der Waals surface area contributed by atoms with E-state index in [1.165, 1.54) is 0 Å². The van der Waals surface area contributed by atoms with Crippen LogP contribution in [0.1, 0.15) is 12.5 Å². The largest absolute Gasteiger partial charge is 0.490 e. The van der Waals surface area contributed by atoms with Crippen LogP contribution in [0.3, 0.4) is 0 Å². The van der Waals surface area contributed by atoms with Gasteiger partial charge in [-0.3, -0.25) is 14.7 Å². The zero-order valence-electron chi connectivity index (χ0n) is 13.9. The molecule has 0 unspecified atom stereocenters. The van der Waals surface area contributed by atoms with Crippen molar-refractivity contribution in [3.8, 4) is 11.5 Å². The highest BCUT2D eigenvalue weighted by molar-refractivity contribution is 6.31. The first-order chi connectivity index (χ1) is 12.2. The second kappa shape index (κ2) is 8.03. The summed E-state index contributed by atoms with van der Waals surface area (Å²) in [7, 11) is 0. The molecule has 0 atom stereocenters. The van der Waals surface area contributed by atoms with Crippen LogP contribution in [0.2, 0.25) is 5.02 Å². The van der Waals surface area contributed by atoms with Crippen molar-refractivity contribution in [2.45, 2.75) is 6.92 Å². The number of carbonyl (C=O) groups excluding carboxylic acids is 1. The average Bonchev–Trinajstić information content (AvgIpc) is 3.11. The van der Waals surface area contributed by atoms with E-state index in [-0.39, 0.29) is 12.5 Å². The molecule has 2 aromatic carbocycles. The number of hydrogen-bond acceptors (Lipinski definition) is 4. The summed E-state index contributed by atoms with van der Waals surface area (Å²) in [6.45, 7) is 3.47. The van der Waals surface area contributed by atoms with Crippen LogP contribution in [0.25, 0.3) is 0 Å². The molecular weight excluding hydrogens is 340 g/mol. The summed E-state index contributed by atoms with van der Waals surface area (Å²) >= 11 is 6.04. The molecule has 130 valence electrons. The number of rotatable bonds is 6. The van der Waals surface area contributed by atoms with Crippen LogP contribution in [0.5, 0.6) is 11.5 Å². The number of benzene rings is 2. The Kier molecular flexibility index (Phi) is 5.56. The van der Waals surface area contributed by atoms with Gasteiger partial charge in [0.2, 0.25) is 0 Å². The second-order valence-electron chi connectivity index (χ2n) is 5.43. The summed E-state index contributed by atoms with van der Waals surface area (Å²) in [6, 6.07) is 14.6. The van der Waals surface area contributed by atoms with Gasteiger partial charge in [0.1, 0.15) is 5.84 Å². The third-order valence-electron chi connectivity index (χ3n) is 3.72. The molecule has 0 saturated carbocycles. The molecule has 0 bridgehead atoms. The van der Waals surface area contributed by atoms with Gasteiger partial charge >= 0.3 is 0 Å². The number of hydrogen-bond donors (Lipinski definition) is 0. The van der Waals surface area contributed by atoms with Crippen molar-refractivity contribution in [2.75, 3.05) is 26.3 Å². The quantitative estimate of drug-likeness (QED) is 0.795. The number of amidine groups is 1. The molecule has 1 heterocycles. The van der Waals surface area contributed by atoms with Gasteiger partial charge in [0, 0.05) is 17.1 Å². The normalized spacial score (nSPS) is 13.5. The molecule has 0 aromatic heterocycles. The minimum absolute atomic E-state index is 0.0797. The summed E-state index contributed by atoms with van der Waals surface area (Å²) in [5.74, 6) is 1.66.